The molecule has 0 spiro atoms. The van der Waals surface area contributed by atoms with Crippen molar-refractivity contribution < 1.29 is 19.1 Å². The van der Waals surface area contributed by atoms with E-state index in [-0.39, 0.29) is 24.0 Å². The molecule has 3 aromatic carbocycles. The summed E-state index contributed by atoms with van der Waals surface area (Å²) >= 11 is 1.14. The highest BCUT2D eigenvalue weighted by atomic mass is 32.2. The van der Waals surface area contributed by atoms with Crippen LogP contribution in [0.5, 0.6) is 11.5 Å². The van der Waals surface area contributed by atoms with Crippen LogP contribution in [-0.2, 0) is 16.2 Å². The first-order chi connectivity index (χ1) is 17.6. The van der Waals surface area contributed by atoms with Crippen LogP contribution in [0, 0.1) is 11.3 Å². The molecule has 7 nitrogen and oxygen atoms in total. The summed E-state index contributed by atoms with van der Waals surface area (Å²) in [5, 5.41) is 15.9. The third-order valence-electron chi connectivity index (χ3n) is 5.59. The summed E-state index contributed by atoms with van der Waals surface area (Å²) < 4.78 is 11.0. The van der Waals surface area contributed by atoms with Crippen molar-refractivity contribution in [2.24, 2.45) is 0 Å². The zero-order valence-electron chi connectivity index (χ0n) is 19.7. The predicted octanol–water partition coefficient (Wildman–Crippen LogP) is 4.98. The fourth-order valence-electron chi connectivity index (χ4n) is 3.79. The summed E-state index contributed by atoms with van der Waals surface area (Å²) in [6, 6.07) is 26.6. The summed E-state index contributed by atoms with van der Waals surface area (Å²) in [5.41, 5.74) is 2.95. The van der Waals surface area contributed by atoms with Crippen LogP contribution in [0.25, 0.3) is 0 Å². The first-order valence-electron chi connectivity index (χ1n) is 11.3. The van der Waals surface area contributed by atoms with Gasteiger partial charge in [-0.05, 0) is 35.4 Å². The second-order valence-electron chi connectivity index (χ2n) is 8.07. The highest BCUT2D eigenvalue weighted by Gasteiger charge is 2.30. The molecule has 182 valence electrons. The minimum Gasteiger partial charge on any atom is -0.497 e. The molecule has 4 rings (SSSR count). The molecule has 0 unspecified atom stereocenters. The number of allylic oxidation sites excluding steroid dienone is 1. The SMILES string of the molecule is COc1cccc(NC(=O)CSC2=C(C#N)[C@H](c3ccc(OCc4ccccc4)cc3)CC(=O)N2)c1. The number of hydrogen-bond acceptors (Lipinski definition) is 6. The molecule has 0 fully saturated rings. The lowest BCUT2D eigenvalue weighted by molar-refractivity contribution is -0.121. The molecule has 8 heteroatoms. The molecule has 0 saturated carbocycles. The van der Waals surface area contributed by atoms with E-state index >= 15 is 0 Å². The van der Waals surface area contributed by atoms with E-state index in [1.807, 2.05) is 54.6 Å². The Morgan fingerprint density at radius 1 is 1.08 bits per heavy atom. The molecule has 3 aromatic rings. The molecule has 0 radical (unpaired) electrons. The molecule has 2 amide bonds. The third-order valence-corrected chi connectivity index (χ3v) is 6.61. The smallest absolute Gasteiger partial charge is 0.234 e. The van der Waals surface area contributed by atoms with Gasteiger partial charge in [-0.2, -0.15) is 5.26 Å². The summed E-state index contributed by atoms with van der Waals surface area (Å²) in [6.45, 7) is 0.452. The van der Waals surface area contributed by atoms with Gasteiger partial charge in [0.25, 0.3) is 0 Å². The van der Waals surface area contributed by atoms with Gasteiger partial charge in [0.05, 0.1) is 29.5 Å². The number of nitrogens with zero attached hydrogens (tertiary/aromatic N) is 1. The summed E-state index contributed by atoms with van der Waals surface area (Å²) in [7, 11) is 1.56. The van der Waals surface area contributed by atoms with Crippen molar-refractivity contribution in [2.45, 2.75) is 18.9 Å². The molecule has 1 aliphatic rings. The topological polar surface area (TPSA) is 100 Å². The summed E-state index contributed by atoms with van der Waals surface area (Å²) in [5.74, 6) is 0.532. The Bertz CT molecular complexity index is 1300. The minimum atomic E-state index is -0.393. The number of benzene rings is 3. The molecule has 2 N–H and O–H groups in total. The monoisotopic (exact) mass is 499 g/mol. The lowest BCUT2D eigenvalue weighted by Gasteiger charge is -2.25. The van der Waals surface area contributed by atoms with Gasteiger partial charge in [0.2, 0.25) is 11.8 Å². The van der Waals surface area contributed by atoms with Crippen molar-refractivity contribution in [3.63, 3.8) is 0 Å². The van der Waals surface area contributed by atoms with Gasteiger partial charge in [-0.15, -0.1) is 0 Å². The van der Waals surface area contributed by atoms with Crippen molar-refractivity contribution in [3.8, 4) is 17.6 Å². The highest BCUT2D eigenvalue weighted by molar-refractivity contribution is 8.03. The minimum absolute atomic E-state index is 0.0387. The van der Waals surface area contributed by atoms with Crippen molar-refractivity contribution >= 4 is 29.3 Å². The number of nitrogens with one attached hydrogen (secondary N) is 2. The second kappa shape index (κ2) is 12.0. The average molecular weight is 500 g/mol. The van der Waals surface area contributed by atoms with E-state index in [4.69, 9.17) is 9.47 Å². The number of rotatable bonds is 9. The van der Waals surface area contributed by atoms with Crippen LogP contribution in [0.4, 0.5) is 5.69 Å². The maximum atomic E-state index is 12.5. The van der Waals surface area contributed by atoms with Crippen molar-refractivity contribution in [1.82, 2.24) is 5.32 Å². The molecule has 36 heavy (non-hydrogen) atoms. The van der Waals surface area contributed by atoms with E-state index in [2.05, 4.69) is 16.7 Å². The Kier molecular flexibility index (Phi) is 8.27. The second-order valence-corrected chi connectivity index (χ2v) is 9.06. The predicted molar refractivity (Wildman–Crippen MR) is 139 cm³/mol. The molecule has 0 aliphatic carbocycles. The number of carbonyl (C=O) groups excluding carboxylic acids is 2. The number of hydrogen-bond donors (Lipinski definition) is 2. The van der Waals surface area contributed by atoms with Gasteiger partial charge in [0, 0.05) is 24.1 Å². The zero-order chi connectivity index (χ0) is 25.3. The number of carbonyl (C=O) groups is 2. The molecule has 1 aliphatic heterocycles. The Balaban J connectivity index is 1.42. The fraction of sp³-hybridized carbons (Fsp3) is 0.179. The van der Waals surface area contributed by atoms with E-state index < -0.39 is 5.92 Å². The molecular formula is C28H25N3O4S. The number of nitriles is 1. The van der Waals surface area contributed by atoms with Gasteiger partial charge in [-0.25, -0.2) is 0 Å². The third kappa shape index (κ3) is 6.46. The van der Waals surface area contributed by atoms with Gasteiger partial charge in [-0.1, -0.05) is 60.3 Å². The quantitative estimate of drug-likeness (QED) is 0.431. The Morgan fingerprint density at radius 2 is 1.86 bits per heavy atom. The molecule has 1 heterocycles. The maximum absolute atomic E-state index is 12.5. The first kappa shape index (κ1) is 24.9. The lowest BCUT2D eigenvalue weighted by atomic mass is 9.87. The van der Waals surface area contributed by atoms with Gasteiger partial charge in [0.15, 0.2) is 0 Å². The molecular weight excluding hydrogens is 474 g/mol. The van der Waals surface area contributed by atoms with Crippen LogP contribution in [0.3, 0.4) is 0 Å². The van der Waals surface area contributed by atoms with Gasteiger partial charge >= 0.3 is 0 Å². The van der Waals surface area contributed by atoms with Crippen molar-refractivity contribution in [2.75, 3.05) is 18.2 Å². The Labute approximate surface area is 214 Å². The van der Waals surface area contributed by atoms with Crippen molar-refractivity contribution in [3.05, 3.63) is 101 Å². The van der Waals surface area contributed by atoms with Gasteiger partial charge in [-0.3, -0.25) is 9.59 Å². The molecule has 1 atom stereocenters. The van der Waals surface area contributed by atoms with Crippen LogP contribution in [0.15, 0.2) is 89.5 Å². The maximum Gasteiger partial charge on any atom is 0.234 e. The van der Waals surface area contributed by atoms with E-state index in [1.54, 1.807) is 31.4 Å². The van der Waals surface area contributed by atoms with Crippen molar-refractivity contribution in [1.29, 1.82) is 5.26 Å². The van der Waals surface area contributed by atoms with Crippen LogP contribution >= 0.6 is 11.8 Å². The normalized spacial score (nSPS) is 15.0. The van der Waals surface area contributed by atoms with Gasteiger partial charge < -0.3 is 20.1 Å². The largest absolute Gasteiger partial charge is 0.497 e. The summed E-state index contributed by atoms with van der Waals surface area (Å²) in [4.78, 5) is 24.9. The summed E-state index contributed by atoms with van der Waals surface area (Å²) in [6.07, 6.45) is 0.160. The lowest BCUT2D eigenvalue weighted by Crippen LogP contribution is -2.31. The Morgan fingerprint density at radius 3 is 2.58 bits per heavy atom. The zero-order valence-corrected chi connectivity index (χ0v) is 20.5. The van der Waals surface area contributed by atoms with Crippen LogP contribution in [0.2, 0.25) is 0 Å². The number of thioether (sulfide) groups is 1. The van der Waals surface area contributed by atoms with E-state index in [1.165, 1.54) is 0 Å². The van der Waals surface area contributed by atoms with Crippen LogP contribution < -0.4 is 20.1 Å². The van der Waals surface area contributed by atoms with Crippen LogP contribution in [-0.4, -0.2) is 24.7 Å². The first-order valence-corrected chi connectivity index (χ1v) is 12.3. The number of amides is 2. The molecule has 0 aromatic heterocycles. The molecule has 0 bridgehead atoms. The fourth-order valence-corrected chi connectivity index (χ4v) is 4.67. The van der Waals surface area contributed by atoms with E-state index in [0.29, 0.717) is 34.4 Å². The van der Waals surface area contributed by atoms with Crippen LogP contribution in [0.1, 0.15) is 23.5 Å². The number of methoxy groups -OCH3 is 1. The van der Waals surface area contributed by atoms with E-state index in [0.717, 1.165) is 22.9 Å². The molecule has 0 saturated heterocycles. The number of ether oxygens (including phenoxy) is 2. The van der Waals surface area contributed by atoms with Gasteiger partial charge in [0.1, 0.15) is 18.1 Å². The highest BCUT2D eigenvalue weighted by Crippen LogP contribution is 2.36. The van der Waals surface area contributed by atoms with E-state index in [9.17, 15) is 14.9 Å². The average Bonchev–Trinajstić information content (AvgIpc) is 2.91. The number of anilines is 1. The Hall–Kier alpha value is -4.22. The standard InChI is InChI=1S/C28H25N3O4S/c1-34-23-9-5-8-21(14-23)30-27(33)18-36-28-25(16-29)24(15-26(32)31-28)20-10-12-22(13-11-20)35-17-19-6-3-2-4-7-19/h2-14,24H,15,17-18H2,1H3,(H,30,33)(H,31,32)/t24-/m0/s1.